The van der Waals surface area contributed by atoms with Crippen LogP contribution in [0.15, 0.2) is 36.7 Å². The Hall–Kier alpha value is -1.38. The number of halogens is 2. The molecule has 0 aliphatic rings. The van der Waals surface area contributed by atoms with E-state index in [1.807, 2.05) is 18.2 Å². The van der Waals surface area contributed by atoms with Crippen molar-refractivity contribution in [3.8, 4) is 0 Å². The smallest absolute Gasteiger partial charge is 0.0980 e. The molecule has 0 unspecified atom stereocenters. The maximum atomic E-state index is 6.18. The monoisotopic (exact) mass is 248 g/mol. The van der Waals surface area contributed by atoms with E-state index >= 15 is 0 Å². The van der Waals surface area contributed by atoms with Crippen molar-refractivity contribution < 1.29 is 0 Å². The zero-order chi connectivity index (χ0) is 11.1. The molecule has 2 heterocycles. The van der Waals surface area contributed by atoms with Gasteiger partial charge in [0.05, 0.1) is 21.1 Å². The zero-order valence-corrected chi connectivity index (χ0v) is 9.63. The molecule has 4 heteroatoms. The first-order valence-corrected chi connectivity index (χ1v) is 5.50. The summed E-state index contributed by atoms with van der Waals surface area (Å²) in [6, 6.07) is 7.52. The lowest BCUT2D eigenvalue weighted by Crippen LogP contribution is -1.85. The molecule has 78 valence electrons. The Balaban J connectivity index is 2.59. The van der Waals surface area contributed by atoms with Crippen molar-refractivity contribution in [1.29, 1.82) is 0 Å². The van der Waals surface area contributed by atoms with Gasteiger partial charge in [0.25, 0.3) is 0 Å². The standard InChI is InChI=1S/C12H6Cl2N2/c13-8-5-9-10(14)4-7-2-1-3-15-11(7)12(9)16-6-8/h1-6H. The first-order valence-electron chi connectivity index (χ1n) is 4.74. The van der Waals surface area contributed by atoms with Crippen LogP contribution in [0.3, 0.4) is 0 Å². The van der Waals surface area contributed by atoms with Gasteiger partial charge < -0.3 is 0 Å². The summed E-state index contributed by atoms with van der Waals surface area (Å²) < 4.78 is 0. The van der Waals surface area contributed by atoms with Gasteiger partial charge in [-0.2, -0.15) is 0 Å². The van der Waals surface area contributed by atoms with Crippen molar-refractivity contribution in [2.75, 3.05) is 0 Å². The van der Waals surface area contributed by atoms with Gasteiger partial charge in [-0.1, -0.05) is 29.3 Å². The summed E-state index contributed by atoms with van der Waals surface area (Å²) in [4.78, 5) is 8.61. The fourth-order valence-corrected chi connectivity index (χ4v) is 2.18. The van der Waals surface area contributed by atoms with E-state index in [-0.39, 0.29) is 0 Å². The van der Waals surface area contributed by atoms with Crippen molar-refractivity contribution in [1.82, 2.24) is 9.97 Å². The van der Waals surface area contributed by atoms with Crippen molar-refractivity contribution >= 4 is 45.0 Å². The molecule has 0 fully saturated rings. The first kappa shape index (κ1) is 9.82. The molecular weight excluding hydrogens is 243 g/mol. The second-order valence-corrected chi connectivity index (χ2v) is 4.33. The van der Waals surface area contributed by atoms with E-state index in [9.17, 15) is 0 Å². The van der Waals surface area contributed by atoms with Crippen molar-refractivity contribution in [2.24, 2.45) is 0 Å². The molecule has 0 amide bonds. The van der Waals surface area contributed by atoms with Gasteiger partial charge in [0.1, 0.15) is 0 Å². The molecule has 3 aromatic rings. The first-order chi connectivity index (χ1) is 7.75. The molecule has 1 aromatic carbocycles. The highest BCUT2D eigenvalue weighted by Gasteiger charge is 2.07. The molecule has 0 bridgehead atoms. The average molecular weight is 249 g/mol. The second kappa shape index (κ2) is 3.58. The molecule has 3 rings (SSSR count). The molecule has 0 aliphatic carbocycles. The van der Waals surface area contributed by atoms with E-state index in [0.717, 1.165) is 21.8 Å². The molecule has 2 nitrogen and oxygen atoms in total. The van der Waals surface area contributed by atoms with Crippen molar-refractivity contribution in [2.45, 2.75) is 0 Å². The maximum absolute atomic E-state index is 6.18. The number of pyridine rings is 2. The van der Waals surface area contributed by atoms with Gasteiger partial charge in [-0.05, 0) is 18.2 Å². The Labute approximate surface area is 102 Å². The molecule has 0 radical (unpaired) electrons. The SMILES string of the molecule is Clc1cnc2c(c1)c(Cl)cc1cccnc12. The maximum Gasteiger partial charge on any atom is 0.0980 e. The van der Waals surface area contributed by atoms with Crippen molar-refractivity contribution in [3.63, 3.8) is 0 Å². The molecule has 0 aliphatic heterocycles. The molecule has 0 saturated carbocycles. The Bertz CT molecular complexity index is 695. The average Bonchev–Trinajstić information content (AvgIpc) is 2.29. The van der Waals surface area contributed by atoms with Crippen LogP contribution < -0.4 is 0 Å². The summed E-state index contributed by atoms with van der Waals surface area (Å²) in [5, 5.41) is 3.03. The summed E-state index contributed by atoms with van der Waals surface area (Å²) in [7, 11) is 0. The van der Waals surface area contributed by atoms with Gasteiger partial charge in [0.15, 0.2) is 0 Å². The van der Waals surface area contributed by atoms with Gasteiger partial charge in [-0.25, -0.2) is 0 Å². The highest BCUT2D eigenvalue weighted by atomic mass is 35.5. The molecular formula is C12H6Cl2N2. The van der Waals surface area contributed by atoms with Crippen LogP contribution >= 0.6 is 23.2 Å². The van der Waals surface area contributed by atoms with E-state index in [0.29, 0.717) is 10.0 Å². The minimum atomic E-state index is 0.574. The van der Waals surface area contributed by atoms with Crippen LogP contribution in [-0.4, -0.2) is 9.97 Å². The highest BCUT2D eigenvalue weighted by molar-refractivity contribution is 6.38. The van der Waals surface area contributed by atoms with Crippen LogP contribution in [0.1, 0.15) is 0 Å². The van der Waals surface area contributed by atoms with Crippen LogP contribution in [0, 0.1) is 0 Å². The third-order valence-electron chi connectivity index (χ3n) is 2.46. The number of fused-ring (bicyclic) bond motifs is 3. The second-order valence-electron chi connectivity index (χ2n) is 3.48. The summed E-state index contributed by atoms with van der Waals surface area (Å²) in [6.45, 7) is 0. The fraction of sp³-hybridized carbons (Fsp3) is 0. The van der Waals surface area contributed by atoms with Crippen molar-refractivity contribution in [3.05, 3.63) is 46.7 Å². The van der Waals surface area contributed by atoms with Crippen LogP contribution in [0.4, 0.5) is 0 Å². The molecule has 0 saturated heterocycles. The lowest BCUT2D eigenvalue weighted by Gasteiger charge is -2.04. The summed E-state index contributed by atoms with van der Waals surface area (Å²) in [6.07, 6.45) is 3.35. The van der Waals surface area contributed by atoms with E-state index in [1.54, 1.807) is 18.5 Å². The van der Waals surface area contributed by atoms with Gasteiger partial charge in [-0.3, -0.25) is 9.97 Å². The highest BCUT2D eigenvalue weighted by Crippen LogP contribution is 2.30. The summed E-state index contributed by atoms with van der Waals surface area (Å²) in [5.41, 5.74) is 1.63. The third kappa shape index (κ3) is 1.42. The summed E-state index contributed by atoms with van der Waals surface area (Å²) in [5.74, 6) is 0. The minimum Gasteiger partial charge on any atom is -0.254 e. The van der Waals surface area contributed by atoms with Gasteiger partial charge in [0, 0.05) is 23.2 Å². The molecule has 2 aromatic heterocycles. The number of benzene rings is 1. The Morgan fingerprint density at radius 2 is 1.88 bits per heavy atom. The lowest BCUT2D eigenvalue weighted by molar-refractivity contribution is 1.37. The molecule has 0 N–H and O–H groups in total. The summed E-state index contributed by atoms with van der Waals surface area (Å²) >= 11 is 12.1. The van der Waals surface area contributed by atoms with Crippen LogP contribution in [0.5, 0.6) is 0 Å². The molecule has 0 atom stereocenters. The fourth-order valence-electron chi connectivity index (χ4n) is 1.76. The number of aromatic nitrogens is 2. The number of rotatable bonds is 0. The van der Waals surface area contributed by atoms with Gasteiger partial charge in [0.2, 0.25) is 0 Å². The van der Waals surface area contributed by atoms with Crippen LogP contribution in [0.2, 0.25) is 10.0 Å². The third-order valence-corrected chi connectivity index (χ3v) is 2.98. The van der Waals surface area contributed by atoms with Crippen LogP contribution in [-0.2, 0) is 0 Å². The van der Waals surface area contributed by atoms with Gasteiger partial charge in [-0.15, -0.1) is 0 Å². The number of hydrogen-bond acceptors (Lipinski definition) is 2. The number of hydrogen-bond donors (Lipinski definition) is 0. The Kier molecular flexibility index (Phi) is 2.20. The van der Waals surface area contributed by atoms with E-state index in [1.165, 1.54) is 0 Å². The van der Waals surface area contributed by atoms with Gasteiger partial charge >= 0.3 is 0 Å². The quantitative estimate of drug-likeness (QED) is 0.561. The zero-order valence-electron chi connectivity index (χ0n) is 8.11. The number of nitrogens with zero attached hydrogens (tertiary/aromatic N) is 2. The minimum absolute atomic E-state index is 0.574. The lowest BCUT2D eigenvalue weighted by atomic mass is 10.1. The van der Waals surface area contributed by atoms with E-state index < -0.39 is 0 Å². The Morgan fingerprint density at radius 3 is 2.75 bits per heavy atom. The molecule has 0 spiro atoms. The predicted molar refractivity (Wildman–Crippen MR) is 67.1 cm³/mol. The van der Waals surface area contributed by atoms with Crippen LogP contribution in [0.25, 0.3) is 21.8 Å². The van der Waals surface area contributed by atoms with E-state index in [4.69, 9.17) is 23.2 Å². The van der Waals surface area contributed by atoms with E-state index in [2.05, 4.69) is 9.97 Å². The normalized spacial score (nSPS) is 11.1. The Morgan fingerprint density at radius 1 is 1.00 bits per heavy atom. The largest absolute Gasteiger partial charge is 0.254 e. The molecule has 16 heavy (non-hydrogen) atoms. The topological polar surface area (TPSA) is 25.8 Å². The predicted octanol–water partition coefficient (Wildman–Crippen LogP) is 4.09.